The Balaban J connectivity index is 2.10. The molecular weight excluding hydrogens is 357 g/mol. The molecule has 2 rings (SSSR count). The van der Waals surface area contributed by atoms with Crippen LogP contribution in [0.25, 0.3) is 0 Å². The van der Waals surface area contributed by atoms with Crippen molar-refractivity contribution < 1.29 is 22.9 Å². The number of carbonyl (C=O) groups excluding carboxylic acids is 1. The summed E-state index contributed by atoms with van der Waals surface area (Å²) in [5.74, 6) is -0.545. The summed E-state index contributed by atoms with van der Waals surface area (Å²) in [6, 6.07) is 10.3. The lowest BCUT2D eigenvalue weighted by Crippen LogP contribution is -2.22. The first-order valence-electron chi connectivity index (χ1n) is 7.06. The van der Waals surface area contributed by atoms with E-state index in [0.717, 1.165) is 23.9 Å². The lowest BCUT2D eigenvalue weighted by atomic mass is 10.2. The van der Waals surface area contributed by atoms with E-state index in [-0.39, 0.29) is 16.3 Å². The van der Waals surface area contributed by atoms with Crippen molar-refractivity contribution in [2.75, 3.05) is 5.32 Å². The minimum Gasteiger partial charge on any atom is -0.319 e. The summed E-state index contributed by atoms with van der Waals surface area (Å²) in [6.45, 7) is 1.51. The molecule has 0 saturated carbocycles. The van der Waals surface area contributed by atoms with Crippen LogP contribution in [-0.4, -0.2) is 16.1 Å². The highest BCUT2D eigenvalue weighted by molar-refractivity contribution is 8.00. The summed E-state index contributed by atoms with van der Waals surface area (Å²) in [5, 5.41) is 12.6. The van der Waals surface area contributed by atoms with Gasteiger partial charge in [-0.3, -0.25) is 14.9 Å². The van der Waals surface area contributed by atoms with E-state index in [1.807, 2.05) is 0 Å². The van der Waals surface area contributed by atoms with Gasteiger partial charge in [-0.2, -0.15) is 13.2 Å². The van der Waals surface area contributed by atoms with Crippen molar-refractivity contribution in [3.8, 4) is 0 Å². The summed E-state index contributed by atoms with van der Waals surface area (Å²) in [4.78, 5) is 22.8. The van der Waals surface area contributed by atoms with Crippen LogP contribution in [0.2, 0.25) is 0 Å². The number of benzene rings is 2. The van der Waals surface area contributed by atoms with Gasteiger partial charge in [-0.1, -0.05) is 18.2 Å². The fourth-order valence-corrected chi connectivity index (χ4v) is 2.90. The van der Waals surface area contributed by atoms with Crippen LogP contribution < -0.4 is 5.32 Å². The molecule has 0 heterocycles. The molecule has 132 valence electrons. The Morgan fingerprint density at radius 3 is 2.52 bits per heavy atom. The van der Waals surface area contributed by atoms with Gasteiger partial charge in [0, 0.05) is 11.0 Å². The molecule has 1 amide bonds. The minimum absolute atomic E-state index is 0.0361. The van der Waals surface area contributed by atoms with Crippen molar-refractivity contribution in [2.24, 2.45) is 0 Å². The number of thioether (sulfide) groups is 1. The van der Waals surface area contributed by atoms with Crippen LogP contribution in [0.5, 0.6) is 0 Å². The van der Waals surface area contributed by atoms with E-state index < -0.39 is 27.8 Å². The van der Waals surface area contributed by atoms with Crippen LogP contribution in [-0.2, 0) is 11.0 Å². The Morgan fingerprint density at radius 2 is 1.88 bits per heavy atom. The zero-order valence-corrected chi connectivity index (χ0v) is 13.7. The number of halogens is 3. The average Bonchev–Trinajstić information content (AvgIpc) is 2.54. The monoisotopic (exact) mass is 370 g/mol. The molecule has 2 aromatic rings. The van der Waals surface area contributed by atoms with Gasteiger partial charge in [0.25, 0.3) is 5.69 Å². The largest absolute Gasteiger partial charge is 0.416 e. The van der Waals surface area contributed by atoms with Crippen LogP contribution in [0.15, 0.2) is 53.4 Å². The van der Waals surface area contributed by atoms with Crippen molar-refractivity contribution in [1.29, 1.82) is 0 Å². The second-order valence-electron chi connectivity index (χ2n) is 5.05. The fraction of sp³-hybridized carbons (Fsp3) is 0.188. The molecule has 0 fully saturated rings. The summed E-state index contributed by atoms with van der Waals surface area (Å²) in [5.41, 5.74) is -1.02. The summed E-state index contributed by atoms with van der Waals surface area (Å²) < 4.78 is 38.2. The maximum atomic E-state index is 12.7. The van der Waals surface area contributed by atoms with E-state index in [9.17, 15) is 28.1 Å². The lowest BCUT2D eigenvalue weighted by Gasteiger charge is -2.13. The molecule has 9 heteroatoms. The van der Waals surface area contributed by atoms with Gasteiger partial charge < -0.3 is 5.32 Å². The highest BCUT2D eigenvalue weighted by Crippen LogP contribution is 2.33. The molecule has 0 radical (unpaired) electrons. The summed E-state index contributed by atoms with van der Waals surface area (Å²) in [6.07, 6.45) is -4.47. The Bertz CT molecular complexity index is 796. The summed E-state index contributed by atoms with van der Waals surface area (Å²) in [7, 11) is 0. The third-order valence-corrected chi connectivity index (χ3v) is 4.30. The number of alkyl halides is 3. The smallest absolute Gasteiger partial charge is 0.319 e. The van der Waals surface area contributed by atoms with Gasteiger partial charge in [0.05, 0.1) is 15.7 Å². The Labute approximate surface area is 145 Å². The maximum absolute atomic E-state index is 12.7. The van der Waals surface area contributed by atoms with Crippen molar-refractivity contribution >= 4 is 29.0 Å². The molecule has 0 aliphatic rings. The maximum Gasteiger partial charge on any atom is 0.416 e. The normalized spacial score (nSPS) is 12.5. The molecule has 25 heavy (non-hydrogen) atoms. The number of hydrogen-bond donors (Lipinski definition) is 1. The van der Waals surface area contributed by atoms with Gasteiger partial charge in [-0.25, -0.2) is 0 Å². The van der Waals surface area contributed by atoms with E-state index >= 15 is 0 Å². The third kappa shape index (κ3) is 4.96. The van der Waals surface area contributed by atoms with Crippen LogP contribution in [0.1, 0.15) is 12.5 Å². The first-order valence-corrected chi connectivity index (χ1v) is 7.94. The number of rotatable bonds is 5. The summed E-state index contributed by atoms with van der Waals surface area (Å²) >= 11 is 0.934. The number of nitro benzene ring substituents is 1. The number of nitro groups is 1. The topological polar surface area (TPSA) is 72.2 Å². The van der Waals surface area contributed by atoms with Crippen LogP contribution in [0.3, 0.4) is 0 Å². The predicted molar refractivity (Wildman–Crippen MR) is 88.5 cm³/mol. The van der Waals surface area contributed by atoms with E-state index in [0.29, 0.717) is 0 Å². The molecule has 2 aromatic carbocycles. The lowest BCUT2D eigenvalue weighted by molar-refractivity contribution is -0.383. The number of nitrogens with one attached hydrogen (secondary N) is 1. The fourth-order valence-electron chi connectivity index (χ4n) is 1.98. The molecule has 0 aliphatic carbocycles. The van der Waals surface area contributed by atoms with Crippen molar-refractivity contribution in [3.63, 3.8) is 0 Å². The molecule has 0 spiro atoms. The molecular formula is C16H13F3N2O3S. The molecule has 0 unspecified atom stereocenters. The highest BCUT2D eigenvalue weighted by atomic mass is 32.2. The molecule has 1 N–H and O–H groups in total. The van der Waals surface area contributed by atoms with Gasteiger partial charge in [0.2, 0.25) is 5.91 Å². The molecule has 0 aliphatic heterocycles. The van der Waals surface area contributed by atoms with E-state index in [2.05, 4.69) is 5.32 Å². The molecule has 0 aromatic heterocycles. The van der Waals surface area contributed by atoms with Crippen molar-refractivity contribution in [1.82, 2.24) is 0 Å². The quantitative estimate of drug-likeness (QED) is 0.469. The minimum atomic E-state index is -4.47. The molecule has 1 atom stereocenters. The van der Waals surface area contributed by atoms with E-state index in [4.69, 9.17) is 0 Å². The second-order valence-corrected chi connectivity index (χ2v) is 6.46. The van der Waals surface area contributed by atoms with Crippen molar-refractivity contribution in [2.45, 2.75) is 23.2 Å². The number of anilines is 1. The van der Waals surface area contributed by atoms with Crippen LogP contribution in [0.4, 0.5) is 24.5 Å². The van der Waals surface area contributed by atoms with Gasteiger partial charge >= 0.3 is 6.18 Å². The standard InChI is InChI=1S/C16H13F3N2O3S/c1-10(25-12-6-4-5-11(9-12)16(17,18)19)15(22)20-13-7-2-3-8-14(13)21(23)24/h2-10H,1H3,(H,20,22)/t10-/m0/s1. The van der Waals surface area contributed by atoms with Gasteiger partial charge in [0.15, 0.2) is 0 Å². The third-order valence-electron chi connectivity index (χ3n) is 3.20. The number of para-hydroxylation sites is 2. The number of nitrogens with zero attached hydrogens (tertiary/aromatic N) is 1. The van der Waals surface area contributed by atoms with E-state index in [1.54, 1.807) is 0 Å². The molecule has 0 saturated heterocycles. The predicted octanol–water partition coefficient (Wildman–Crippen LogP) is 4.73. The molecule has 5 nitrogen and oxygen atoms in total. The Kier molecular flexibility index (Phi) is 5.68. The van der Waals surface area contributed by atoms with Crippen molar-refractivity contribution in [3.05, 3.63) is 64.2 Å². The average molecular weight is 370 g/mol. The Morgan fingerprint density at radius 1 is 1.20 bits per heavy atom. The van der Waals surface area contributed by atoms with Crippen LogP contribution >= 0.6 is 11.8 Å². The number of carbonyl (C=O) groups is 1. The first kappa shape index (κ1) is 18.8. The first-order chi connectivity index (χ1) is 11.7. The Hall–Kier alpha value is -2.55. The van der Waals surface area contributed by atoms with E-state index in [1.165, 1.54) is 43.3 Å². The zero-order valence-electron chi connectivity index (χ0n) is 12.9. The van der Waals surface area contributed by atoms with Gasteiger partial charge in [-0.15, -0.1) is 11.8 Å². The number of hydrogen-bond acceptors (Lipinski definition) is 4. The number of amides is 1. The SMILES string of the molecule is C[C@H](Sc1cccc(C(F)(F)F)c1)C(=O)Nc1ccccc1[N+](=O)[O-]. The zero-order chi connectivity index (χ0) is 18.6. The van der Waals surface area contributed by atoms with Gasteiger partial charge in [0.1, 0.15) is 5.69 Å². The van der Waals surface area contributed by atoms with Crippen LogP contribution in [0, 0.1) is 10.1 Å². The second kappa shape index (κ2) is 7.56. The molecule has 0 bridgehead atoms. The van der Waals surface area contributed by atoms with Gasteiger partial charge in [-0.05, 0) is 31.2 Å². The highest BCUT2D eigenvalue weighted by Gasteiger charge is 2.30.